The zero-order chi connectivity index (χ0) is 18.9. The Balaban J connectivity index is 1.64. The third-order valence-corrected chi connectivity index (χ3v) is 6.53. The summed E-state index contributed by atoms with van der Waals surface area (Å²) in [5, 5.41) is 2.59. The molecule has 7 nitrogen and oxygen atoms in total. The van der Waals surface area contributed by atoms with E-state index < -0.39 is 15.7 Å². The van der Waals surface area contributed by atoms with E-state index in [1.165, 1.54) is 24.3 Å². The lowest BCUT2D eigenvalue weighted by Gasteiger charge is -2.14. The number of nitrogens with one attached hydrogen (secondary N) is 1. The molecule has 26 heavy (non-hydrogen) atoms. The summed E-state index contributed by atoms with van der Waals surface area (Å²) in [5.41, 5.74) is 0.406. The second kappa shape index (κ2) is 7.03. The van der Waals surface area contributed by atoms with Gasteiger partial charge in [0.2, 0.25) is 17.7 Å². The first kappa shape index (κ1) is 18.3. The molecule has 0 aromatic heterocycles. The second-order valence-corrected chi connectivity index (χ2v) is 8.67. The summed E-state index contributed by atoms with van der Waals surface area (Å²) in [4.78, 5) is 38.1. The van der Waals surface area contributed by atoms with E-state index in [2.05, 4.69) is 5.32 Å². The number of anilines is 1. The number of likely N-dealkylation sites (tertiary alicyclic amines) is 1. The van der Waals surface area contributed by atoms with E-state index in [9.17, 15) is 22.8 Å². The van der Waals surface area contributed by atoms with Crippen LogP contribution in [0.15, 0.2) is 41.3 Å². The molecule has 1 aliphatic heterocycles. The van der Waals surface area contributed by atoms with E-state index in [1.54, 1.807) is 6.92 Å². The maximum Gasteiger partial charge on any atom is 0.244 e. The Morgan fingerprint density at radius 3 is 2.12 bits per heavy atom. The molecule has 2 unspecified atom stereocenters. The van der Waals surface area contributed by atoms with Crippen LogP contribution in [-0.2, 0) is 24.2 Å². The molecule has 3 rings (SSSR count). The lowest BCUT2D eigenvalue weighted by Crippen LogP contribution is -2.38. The summed E-state index contributed by atoms with van der Waals surface area (Å²) >= 11 is 0. The van der Waals surface area contributed by atoms with Crippen LogP contribution < -0.4 is 5.32 Å². The molecule has 1 aliphatic carbocycles. The quantitative estimate of drug-likeness (QED) is 0.618. The molecule has 0 saturated carbocycles. The van der Waals surface area contributed by atoms with Crippen LogP contribution in [0.2, 0.25) is 0 Å². The topological polar surface area (TPSA) is 101 Å². The number of benzene rings is 1. The zero-order valence-corrected chi connectivity index (χ0v) is 15.2. The molecule has 1 saturated heterocycles. The van der Waals surface area contributed by atoms with Gasteiger partial charge in [0.05, 0.1) is 22.5 Å². The number of hydrogen-bond acceptors (Lipinski definition) is 5. The average Bonchev–Trinajstić information content (AvgIpc) is 2.87. The van der Waals surface area contributed by atoms with Crippen LogP contribution >= 0.6 is 0 Å². The summed E-state index contributed by atoms with van der Waals surface area (Å²) in [5.74, 6) is -1.83. The molecule has 3 amide bonds. The van der Waals surface area contributed by atoms with Crippen LogP contribution in [0.25, 0.3) is 0 Å². The van der Waals surface area contributed by atoms with Crippen molar-refractivity contribution in [2.24, 2.45) is 11.8 Å². The number of hydrogen-bond donors (Lipinski definition) is 1. The number of rotatable bonds is 5. The van der Waals surface area contributed by atoms with Gasteiger partial charge in [-0.2, -0.15) is 0 Å². The maximum absolute atomic E-state index is 12.4. The molecule has 8 heteroatoms. The van der Waals surface area contributed by atoms with Crippen molar-refractivity contribution in [2.75, 3.05) is 17.6 Å². The van der Waals surface area contributed by atoms with E-state index in [0.29, 0.717) is 18.5 Å². The molecule has 138 valence electrons. The minimum Gasteiger partial charge on any atom is -0.325 e. The predicted molar refractivity (Wildman–Crippen MR) is 94.9 cm³/mol. The highest BCUT2D eigenvalue weighted by atomic mass is 32.2. The van der Waals surface area contributed by atoms with Gasteiger partial charge < -0.3 is 5.32 Å². The predicted octanol–water partition coefficient (Wildman–Crippen LogP) is 1.37. The largest absolute Gasteiger partial charge is 0.325 e. The van der Waals surface area contributed by atoms with Gasteiger partial charge >= 0.3 is 0 Å². The molecule has 1 aromatic carbocycles. The van der Waals surface area contributed by atoms with Gasteiger partial charge in [-0.15, -0.1) is 0 Å². The van der Waals surface area contributed by atoms with E-state index in [-0.39, 0.29) is 40.8 Å². The highest BCUT2D eigenvalue weighted by Crippen LogP contribution is 2.34. The third kappa shape index (κ3) is 3.41. The van der Waals surface area contributed by atoms with Gasteiger partial charge in [0.1, 0.15) is 6.54 Å². The standard InChI is InChI=1S/C18H20N2O5S/c1-2-26(24,25)13-9-7-12(8-10-13)19-16(21)11-20-17(22)14-5-3-4-6-15(14)18(20)23/h3-4,7-10,14-15H,2,5-6,11H2,1H3,(H,19,21). The first-order chi connectivity index (χ1) is 12.3. The Hall–Kier alpha value is -2.48. The molecule has 1 aromatic rings. The van der Waals surface area contributed by atoms with Gasteiger partial charge in [0.15, 0.2) is 9.84 Å². The lowest BCUT2D eigenvalue weighted by molar-refractivity contribution is -0.142. The van der Waals surface area contributed by atoms with Crippen LogP contribution in [-0.4, -0.2) is 43.3 Å². The number of imide groups is 1. The normalized spacial score (nSPS) is 22.4. The smallest absolute Gasteiger partial charge is 0.244 e. The first-order valence-electron chi connectivity index (χ1n) is 8.46. The molecular weight excluding hydrogens is 356 g/mol. The molecule has 0 spiro atoms. The highest BCUT2D eigenvalue weighted by molar-refractivity contribution is 7.91. The molecule has 1 N–H and O–H groups in total. The van der Waals surface area contributed by atoms with Crippen molar-refractivity contribution in [1.82, 2.24) is 4.90 Å². The molecule has 0 radical (unpaired) electrons. The minimum absolute atomic E-state index is 0.00488. The SMILES string of the molecule is CCS(=O)(=O)c1ccc(NC(=O)CN2C(=O)C3CC=CCC3C2=O)cc1. The molecule has 1 fully saturated rings. The Bertz CT molecular complexity index is 847. The number of carbonyl (C=O) groups is 3. The molecule has 2 aliphatic rings. The van der Waals surface area contributed by atoms with E-state index >= 15 is 0 Å². The summed E-state index contributed by atoms with van der Waals surface area (Å²) < 4.78 is 23.6. The Morgan fingerprint density at radius 1 is 1.08 bits per heavy atom. The van der Waals surface area contributed by atoms with Crippen molar-refractivity contribution in [3.63, 3.8) is 0 Å². The number of fused-ring (bicyclic) bond motifs is 1. The number of nitrogens with zero attached hydrogens (tertiary/aromatic N) is 1. The average molecular weight is 376 g/mol. The second-order valence-electron chi connectivity index (χ2n) is 6.39. The number of allylic oxidation sites excluding steroid dienone is 2. The van der Waals surface area contributed by atoms with Gasteiger partial charge in [0, 0.05) is 5.69 Å². The van der Waals surface area contributed by atoms with E-state index in [1.807, 2.05) is 12.2 Å². The van der Waals surface area contributed by atoms with Gasteiger partial charge in [-0.25, -0.2) is 8.42 Å². The van der Waals surface area contributed by atoms with Crippen LogP contribution in [0.5, 0.6) is 0 Å². The monoisotopic (exact) mass is 376 g/mol. The summed E-state index contributed by atoms with van der Waals surface area (Å²) in [6.07, 6.45) is 4.84. The Morgan fingerprint density at radius 2 is 1.62 bits per heavy atom. The lowest BCUT2D eigenvalue weighted by atomic mass is 9.85. The van der Waals surface area contributed by atoms with Gasteiger partial charge in [0.25, 0.3) is 0 Å². The fraction of sp³-hybridized carbons (Fsp3) is 0.389. The maximum atomic E-state index is 12.4. The van der Waals surface area contributed by atoms with Crippen molar-refractivity contribution in [1.29, 1.82) is 0 Å². The molecule has 1 heterocycles. The van der Waals surface area contributed by atoms with Crippen molar-refractivity contribution in [2.45, 2.75) is 24.7 Å². The fourth-order valence-electron chi connectivity index (χ4n) is 3.28. The molecule has 0 bridgehead atoms. The van der Waals surface area contributed by atoms with Crippen LogP contribution in [0, 0.1) is 11.8 Å². The van der Waals surface area contributed by atoms with Gasteiger partial charge in [-0.1, -0.05) is 19.1 Å². The molecular formula is C18H20N2O5S. The van der Waals surface area contributed by atoms with Crippen molar-refractivity contribution in [3.05, 3.63) is 36.4 Å². The van der Waals surface area contributed by atoms with E-state index in [4.69, 9.17) is 0 Å². The van der Waals surface area contributed by atoms with Gasteiger partial charge in [-0.05, 0) is 37.1 Å². The van der Waals surface area contributed by atoms with Crippen molar-refractivity contribution in [3.8, 4) is 0 Å². The van der Waals surface area contributed by atoms with Gasteiger partial charge in [-0.3, -0.25) is 19.3 Å². The number of carbonyl (C=O) groups excluding carboxylic acids is 3. The van der Waals surface area contributed by atoms with Crippen molar-refractivity contribution < 1.29 is 22.8 Å². The van der Waals surface area contributed by atoms with E-state index in [0.717, 1.165) is 4.90 Å². The van der Waals surface area contributed by atoms with Crippen molar-refractivity contribution >= 4 is 33.2 Å². The first-order valence-corrected chi connectivity index (χ1v) is 10.1. The third-order valence-electron chi connectivity index (χ3n) is 4.78. The van der Waals surface area contributed by atoms with Crippen LogP contribution in [0.1, 0.15) is 19.8 Å². The molecule has 2 atom stereocenters. The van der Waals surface area contributed by atoms with Crippen LogP contribution in [0.3, 0.4) is 0 Å². The van der Waals surface area contributed by atoms with Crippen LogP contribution in [0.4, 0.5) is 5.69 Å². The summed E-state index contributed by atoms with van der Waals surface area (Å²) in [6, 6.07) is 5.80. The summed E-state index contributed by atoms with van der Waals surface area (Å²) in [7, 11) is -3.31. The number of amides is 3. The Labute approximate surface area is 152 Å². The highest BCUT2D eigenvalue weighted by Gasteiger charge is 2.47. The number of sulfone groups is 1. The zero-order valence-electron chi connectivity index (χ0n) is 14.3. The minimum atomic E-state index is -3.31. The fourth-order valence-corrected chi connectivity index (χ4v) is 4.17. The Kier molecular flexibility index (Phi) is 4.95. The summed E-state index contributed by atoms with van der Waals surface area (Å²) in [6.45, 7) is 1.22.